The Labute approximate surface area is 136 Å². The fraction of sp³-hybridized carbons (Fsp3) is 0.733. The van der Waals surface area contributed by atoms with Crippen LogP contribution in [0.5, 0.6) is 0 Å². The van der Waals surface area contributed by atoms with Gasteiger partial charge in [0, 0.05) is 12.2 Å². The van der Waals surface area contributed by atoms with E-state index in [9.17, 15) is 9.59 Å². The van der Waals surface area contributed by atoms with Crippen molar-refractivity contribution in [1.82, 2.24) is 15.5 Å². The Morgan fingerprint density at radius 2 is 2.14 bits per heavy atom. The van der Waals surface area contributed by atoms with Gasteiger partial charge in [-0.2, -0.15) is 0 Å². The van der Waals surface area contributed by atoms with E-state index in [2.05, 4.69) is 29.2 Å². The van der Waals surface area contributed by atoms with Crippen molar-refractivity contribution in [3.63, 3.8) is 0 Å². The van der Waals surface area contributed by atoms with Crippen LogP contribution >= 0.6 is 11.8 Å². The molecule has 6 nitrogen and oxygen atoms in total. The fourth-order valence-electron chi connectivity index (χ4n) is 2.44. The summed E-state index contributed by atoms with van der Waals surface area (Å²) in [5.74, 6) is -0.0720. The summed E-state index contributed by atoms with van der Waals surface area (Å²) < 4.78 is 4.66. The molecule has 1 saturated carbocycles. The normalized spacial score (nSPS) is 24.8. The van der Waals surface area contributed by atoms with Gasteiger partial charge in [-0.25, -0.2) is 9.59 Å². The first-order valence-corrected chi connectivity index (χ1v) is 8.53. The van der Waals surface area contributed by atoms with E-state index in [-0.39, 0.29) is 16.9 Å². The first-order valence-electron chi connectivity index (χ1n) is 7.65. The van der Waals surface area contributed by atoms with E-state index in [1.54, 1.807) is 18.7 Å². The second kappa shape index (κ2) is 6.81. The number of amides is 2. The number of hydrogen-bond donors (Lipinski definition) is 2. The van der Waals surface area contributed by atoms with Crippen molar-refractivity contribution in [2.45, 2.75) is 50.6 Å². The summed E-state index contributed by atoms with van der Waals surface area (Å²) in [5.41, 5.74) is 0. The van der Waals surface area contributed by atoms with Gasteiger partial charge in [0.15, 0.2) is 0 Å². The molecule has 22 heavy (non-hydrogen) atoms. The summed E-state index contributed by atoms with van der Waals surface area (Å²) in [6.45, 7) is 6.53. The molecule has 0 bridgehead atoms. The van der Waals surface area contributed by atoms with Crippen LogP contribution in [0.15, 0.2) is 11.6 Å². The lowest BCUT2D eigenvalue weighted by atomic mass is 10.0. The highest BCUT2D eigenvalue weighted by Gasteiger charge is 2.43. The molecular formula is C15H25N3O3S. The Balaban J connectivity index is 2.03. The van der Waals surface area contributed by atoms with Gasteiger partial charge in [-0.05, 0) is 31.1 Å². The maximum Gasteiger partial charge on any atom is 0.328 e. The highest BCUT2D eigenvalue weighted by Crippen LogP contribution is 2.38. The first kappa shape index (κ1) is 17.0. The molecule has 2 N–H and O–H groups in total. The zero-order valence-electron chi connectivity index (χ0n) is 13.6. The average Bonchev–Trinajstić information content (AvgIpc) is 3.21. The van der Waals surface area contributed by atoms with Crippen LogP contribution in [0.1, 0.15) is 33.6 Å². The summed E-state index contributed by atoms with van der Waals surface area (Å²) in [7, 11) is 1.32. The van der Waals surface area contributed by atoms with E-state index in [1.165, 1.54) is 7.11 Å². The molecule has 2 rings (SSSR count). The Kier molecular flexibility index (Phi) is 5.26. The summed E-state index contributed by atoms with van der Waals surface area (Å²) in [6, 6.07) is -0.575. The number of urea groups is 1. The van der Waals surface area contributed by atoms with Crippen LogP contribution in [0.3, 0.4) is 0 Å². The van der Waals surface area contributed by atoms with Crippen molar-refractivity contribution in [3.8, 4) is 0 Å². The molecule has 1 fully saturated rings. The molecule has 0 radical (unpaired) electrons. The van der Waals surface area contributed by atoms with Gasteiger partial charge in [0.05, 0.1) is 13.7 Å². The summed E-state index contributed by atoms with van der Waals surface area (Å²) in [5, 5.41) is 8.16. The van der Waals surface area contributed by atoms with Gasteiger partial charge in [-0.15, -0.1) is 11.8 Å². The van der Waals surface area contributed by atoms with Crippen molar-refractivity contribution in [2.24, 2.45) is 5.92 Å². The number of ether oxygens (including phenoxy) is 1. The molecule has 0 saturated heterocycles. The Bertz CT molecular complexity index is 455. The van der Waals surface area contributed by atoms with Crippen LogP contribution in [0, 0.1) is 5.92 Å². The van der Waals surface area contributed by atoms with E-state index < -0.39 is 12.0 Å². The van der Waals surface area contributed by atoms with E-state index in [4.69, 9.17) is 0 Å². The lowest BCUT2D eigenvalue weighted by molar-refractivity contribution is -0.142. The second-order valence-electron chi connectivity index (χ2n) is 6.16. The fourth-order valence-corrected chi connectivity index (χ4v) is 3.44. The standard InChI is InChI=1S/C15H25N3O3S/c1-10(2)15(16-7-8-22-15)9-18(12-5-6-12)14(20)17-11(3)13(19)21-4/h7-8,10-12,16H,5-6,9H2,1-4H3,(H,17,20)/t11-,15?/m0/s1. The molecule has 1 aliphatic carbocycles. The van der Waals surface area contributed by atoms with Gasteiger partial charge in [-0.1, -0.05) is 13.8 Å². The number of nitrogens with one attached hydrogen (secondary N) is 2. The van der Waals surface area contributed by atoms with Crippen molar-refractivity contribution >= 4 is 23.8 Å². The molecule has 124 valence electrons. The predicted octanol–water partition coefficient (Wildman–Crippen LogP) is 1.88. The van der Waals surface area contributed by atoms with E-state index in [1.807, 2.05) is 16.5 Å². The molecule has 0 aromatic carbocycles. The summed E-state index contributed by atoms with van der Waals surface area (Å²) >= 11 is 1.71. The number of hydrogen-bond acceptors (Lipinski definition) is 5. The Morgan fingerprint density at radius 3 is 2.59 bits per heavy atom. The summed E-state index contributed by atoms with van der Waals surface area (Å²) in [4.78, 5) is 25.7. The molecule has 1 aliphatic heterocycles. The van der Waals surface area contributed by atoms with Crippen LogP contribution < -0.4 is 10.6 Å². The molecule has 0 spiro atoms. The van der Waals surface area contributed by atoms with Crippen LogP contribution in [-0.4, -0.2) is 47.5 Å². The highest BCUT2D eigenvalue weighted by molar-refractivity contribution is 8.03. The smallest absolute Gasteiger partial charge is 0.328 e. The van der Waals surface area contributed by atoms with E-state index in [0.29, 0.717) is 12.5 Å². The largest absolute Gasteiger partial charge is 0.467 e. The van der Waals surface area contributed by atoms with Gasteiger partial charge < -0.3 is 20.3 Å². The van der Waals surface area contributed by atoms with Crippen molar-refractivity contribution < 1.29 is 14.3 Å². The minimum atomic E-state index is -0.643. The lowest BCUT2D eigenvalue weighted by Crippen LogP contribution is -2.56. The number of esters is 1. The number of thioether (sulfide) groups is 1. The number of nitrogens with zero attached hydrogens (tertiary/aromatic N) is 1. The zero-order valence-corrected chi connectivity index (χ0v) is 14.4. The van der Waals surface area contributed by atoms with Crippen LogP contribution in [0.4, 0.5) is 4.79 Å². The first-order chi connectivity index (χ1) is 10.4. The zero-order chi connectivity index (χ0) is 16.3. The van der Waals surface area contributed by atoms with Crippen LogP contribution in [-0.2, 0) is 9.53 Å². The maximum atomic E-state index is 12.6. The molecule has 2 amide bonds. The molecule has 0 aromatic rings. The molecule has 0 aromatic heterocycles. The number of carbonyl (C=O) groups is 2. The summed E-state index contributed by atoms with van der Waals surface area (Å²) in [6.07, 6.45) is 3.98. The monoisotopic (exact) mass is 327 g/mol. The number of rotatable bonds is 6. The van der Waals surface area contributed by atoms with Crippen LogP contribution in [0.2, 0.25) is 0 Å². The number of carbonyl (C=O) groups excluding carboxylic acids is 2. The molecule has 2 atom stereocenters. The Morgan fingerprint density at radius 1 is 1.45 bits per heavy atom. The number of methoxy groups -OCH3 is 1. The van der Waals surface area contributed by atoms with E-state index in [0.717, 1.165) is 12.8 Å². The minimum absolute atomic E-state index is 0.199. The predicted molar refractivity (Wildman–Crippen MR) is 87.2 cm³/mol. The molecule has 7 heteroatoms. The average molecular weight is 327 g/mol. The third-order valence-corrected chi connectivity index (χ3v) is 5.57. The van der Waals surface area contributed by atoms with E-state index >= 15 is 0 Å². The third kappa shape index (κ3) is 3.69. The maximum absolute atomic E-state index is 12.6. The van der Waals surface area contributed by atoms with Gasteiger partial charge in [-0.3, -0.25) is 0 Å². The molecule has 2 aliphatic rings. The Hall–Kier alpha value is -1.37. The van der Waals surface area contributed by atoms with Gasteiger partial charge in [0.25, 0.3) is 0 Å². The lowest BCUT2D eigenvalue weighted by Gasteiger charge is -2.38. The van der Waals surface area contributed by atoms with Crippen LogP contribution in [0.25, 0.3) is 0 Å². The quantitative estimate of drug-likeness (QED) is 0.729. The minimum Gasteiger partial charge on any atom is -0.467 e. The van der Waals surface area contributed by atoms with Crippen molar-refractivity contribution in [2.75, 3.05) is 13.7 Å². The molecule has 1 heterocycles. The van der Waals surface area contributed by atoms with Crippen molar-refractivity contribution in [3.05, 3.63) is 11.6 Å². The third-order valence-electron chi connectivity index (χ3n) is 4.16. The molecular weight excluding hydrogens is 302 g/mol. The highest BCUT2D eigenvalue weighted by atomic mass is 32.2. The van der Waals surface area contributed by atoms with Gasteiger partial charge in [0.2, 0.25) is 0 Å². The molecule has 1 unspecified atom stereocenters. The van der Waals surface area contributed by atoms with Gasteiger partial charge >= 0.3 is 12.0 Å². The van der Waals surface area contributed by atoms with Gasteiger partial charge in [0.1, 0.15) is 10.9 Å². The second-order valence-corrected chi connectivity index (χ2v) is 7.40. The van der Waals surface area contributed by atoms with Crippen molar-refractivity contribution in [1.29, 1.82) is 0 Å². The topological polar surface area (TPSA) is 70.7 Å². The SMILES string of the molecule is COC(=O)[C@H](C)NC(=O)N(CC1(C(C)C)NC=CS1)C1CC1.